The van der Waals surface area contributed by atoms with Crippen LogP contribution in [-0.4, -0.2) is 11.1 Å². The SMILES string of the molecule is CC(C)(C)C1=CC(C(C)(C)C)C(C(=O)O)=C1. The Bertz CT molecular complexity index is 359. The summed E-state index contributed by atoms with van der Waals surface area (Å²) in [6.07, 6.45) is 3.96. The summed E-state index contributed by atoms with van der Waals surface area (Å²) in [6, 6.07) is 0. The van der Waals surface area contributed by atoms with Crippen molar-refractivity contribution in [1.29, 1.82) is 0 Å². The van der Waals surface area contributed by atoms with Crippen molar-refractivity contribution in [1.82, 2.24) is 0 Å². The summed E-state index contributed by atoms with van der Waals surface area (Å²) in [7, 11) is 0. The second-order valence-corrected chi connectivity index (χ2v) is 6.62. The third kappa shape index (κ3) is 2.55. The molecule has 0 saturated heterocycles. The summed E-state index contributed by atoms with van der Waals surface area (Å²) in [6.45, 7) is 12.6. The summed E-state index contributed by atoms with van der Waals surface area (Å²) in [4.78, 5) is 11.2. The molecule has 1 N–H and O–H groups in total. The highest BCUT2D eigenvalue weighted by molar-refractivity contribution is 5.89. The number of allylic oxidation sites excluding steroid dienone is 3. The van der Waals surface area contributed by atoms with Gasteiger partial charge in [-0.25, -0.2) is 4.79 Å². The number of carbonyl (C=O) groups is 1. The summed E-state index contributed by atoms with van der Waals surface area (Å²) >= 11 is 0. The first kappa shape index (κ1) is 13.0. The Labute approximate surface area is 98.1 Å². The molecular formula is C14H22O2. The van der Waals surface area contributed by atoms with E-state index in [1.165, 1.54) is 0 Å². The summed E-state index contributed by atoms with van der Waals surface area (Å²) in [5, 5.41) is 9.23. The van der Waals surface area contributed by atoms with Gasteiger partial charge in [0.2, 0.25) is 0 Å². The molecule has 0 saturated carbocycles. The van der Waals surface area contributed by atoms with Gasteiger partial charge in [-0.15, -0.1) is 0 Å². The molecule has 16 heavy (non-hydrogen) atoms. The minimum Gasteiger partial charge on any atom is -0.478 e. The van der Waals surface area contributed by atoms with E-state index < -0.39 is 5.97 Å². The van der Waals surface area contributed by atoms with Crippen LogP contribution < -0.4 is 0 Å². The van der Waals surface area contributed by atoms with E-state index in [0.717, 1.165) is 5.57 Å². The molecule has 0 aromatic rings. The maximum Gasteiger partial charge on any atom is 0.332 e. The van der Waals surface area contributed by atoms with Gasteiger partial charge in [-0.1, -0.05) is 47.6 Å². The Kier molecular flexibility index (Phi) is 3.06. The average Bonchev–Trinajstić information content (AvgIpc) is 2.44. The fourth-order valence-corrected chi connectivity index (χ4v) is 1.95. The van der Waals surface area contributed by atoms with Crippen LogP contribution in [0.4, 0.5) is 0 Å². The fraction of sp³-hybridized carbons (Fsp3) is 0.643. The van der Waals surface area contributed by atoms with Crippen LogP contribution in [0, 0.1) is 16.7 Å². The van der Waals surface area contributed by atoms with E-state index in [1.54, 1.807) is 0 Å². The molecule has 0 aliphatic heterocycles. The van der Waals surface area contributed by atoms with Crippen LogP contribution in [0.25, 0.3) is 0 Å². The Morgan fingerprint density at radius 2 is 1.69 bits per heavy atom. The van der Waals surface area contributed by atoms with Gasteiger partial charge in [0, 0.05) is 11.5 Å². The van der Waals surface area contributed by atoms with Crippen molar-refractivity contribution < 1.29 is 9.90 Å². The van der Waals surface area contributed by atoms with Crippen LogP contribution in [0.2, 0.25) is 0 Å². The molecule has 0 heterocycles. The molecule has 0 fully saturated rings. The van der Waals surface area contributed by atoms with Crippen LogP contribution in [0.5, 0.6) is 0 Å². The standard InChI is InChI=1S/C14H22O2/c1-13(2,3)9-7-10(12(15)16)11(8-9)14(4,5)6/h7-8,11H,1-6H3,(H,15,16). The smallest absolute Gasteiger partial charge is 0.332 e. The van der Waals surface area contributed by atoms with Crippen LogP contribution in [0.3, 0.4) is 0 Å². The molecule has 1 rings (SSSR count). The lowest BCUT2D eigenvalue weighted by molar-refractivity contribution is -0.133. The van der Waals surface area contributed by atoms with Gasteiger partial charge in [0.15, 0.2) is 0 Å². The van der Waals surface area contributed by atoms with Gasteiger partial charge in [0.25, 0.3) is 0 Å². The highest BCUT2D eigenvalue weighted by Crippen LogP contribution is 2.42. The highest BCUT2D eigenvalue weighted by atomic mass is 16.4. The monoisotopic (exact) mass is 222 g/mol. The van der Waals surface area contributed by atoms with Crippen molar-refractivity contribution in [2.45, 2.75) is 41.5 Å². The van der Waals surface area contributed by atoms with Gasteiger partial charge >= 0.3 is 5.97 Å². The van der Waals surface area contributed by atoms with Crippen molar-refractivity contribution in [2.24, 2.45) is 16.7 Å². The molecule has 0 aromatic carbocycles. The molecule has 90 valence electrons. The molecule has 2 heteroatoms. The van der Waals surface area contributed by atoms with E-state index in [4.69, 9.17) is 0 Å². The molecule has 2 nitrogen and oxygen atoms in total. The molecule has 0 amide bonds. The van der Waals surface area contributed by atoms with Crippen LogP contribution in [-0.2, 0) is 4.79 Å². The fourth-order valence-electron chi connectivity index (χ4n) is 1.95. The normalized spacial score (nSPS) is 21.8. The van der Waals surface area contributed by atoms with Crippen LogP contribution in [0.15, 0.2) is 23.3 Å². The topological polar surface area (TPSA) is 37.3 Å². The zero-order valence-corrected chi connectivity index (χ0v) is 11.1. The van der Waals surface area contributed by atoms with Crippen molar-refractivity contribution in [3.05, 3.63) is 23.3 Å². The largest absolute Gasteiger partial charge is 0.478 e. The first-order chi connectivity index (χ1) is 7.03. The number of carboxylic acids is 1. The Morgan fingerprint density at radius 3 is 1.94 bits per heavy atom. The third-order valence-corrected chi connectivity index (χ3v) is 3.04. The van der Waals surface area contributed by atoms with Crippen molar-refractivity contribution in [2.75, 3.05) is 0 Å². The van der Waals surface area contributed by atoms with Gasteiger partial charge in [-0.3, -0.25) is 0 Å². The first-order valence-corrected chi connectivity index (χ1v) is 5.70. The second-order valence-electron chi connectivity index (χ2n) is 6.62. The van der Waals surface area contributed by atoms with Crippen molar-refractivity contribution >= 4 is 5.97 Å². The summed E-state index contributed by atoms with van der Waals surface area (Å²) < 4.78 is 0. The predicted octanol–water partition coefficient (Wildman–Crippen LogP) is 3.65. The van der Waals surface area contributed by atoms with Crippen molar-refractivity contribution in [3.63, 3.8) is 0 Å². The van der Waals surface area contributed by atoms with Gasteiger partial charge in [-0.2, -0.15) is 0 Å². The molecule has 1 aliphatic carbocycles. The van der Waals surface area contributed by atoms with Gasteiger partial charge in [0.1, 0.15) is 0 Å². The van der Waals surface area contributed by atoms with E-state index in [2.05, 4.69) is 47.6 Å². The van der Waals surface area contributed by atoms with E-state index in [-0.39, 0.29) is 16.7 Å². The maximum atomic E-state index is 11.2. The zero-order chi connectivity index (χ0) is 12.7. The molecule has 0 radical (unpaired) electrons. The molecule has 0 aromatic heterocycles. The number of rotatable bonds is 1. The third-order valence-electron chi connectivity index (χ3n) is 3.04. The lowest BCUT2D eigenvalue weighted by Gasteiger charge is -2.27. The van der Waals surface area contributed by atoms with Crippen molar-refractivity contribution in [3.8, 4) is 0 Å². The number of aliphatic carboxylic acids is 1. The van der Waals surface area contributed by atoms with Gasteiger partial charge in [0.05, 0.1) is 0 Å². The summed E-state index contributed by atoms with van der Waals surface area (Å²) in [5.41, 5.74) is 1.63. The Hall–Kier alpha value is -1.05. The quantitative estimate of drug-likeness (QED) is 0.735. The van der Waals surface area contributed by atoms with Crippen LogP contribution in [0.1, 0.15) is 41.5 Å². The molecule has 1 unspecified atom stereocenters. The van der Waals surface area contributed by atoms with Crippen LogP contribution >= 0.6 is 0 Å². The first-order valence-electron chi connectivity index (χ1n) is 5.70. The number of hydrogen-bond acceptors (Lipinski definition) is 1. The summed E-state index contributed by atoms with van der Waals surface area (Å²) in [5.74, 6) is -0.783. The molecule has 1 aliphatic rings. The minimum absolute atomic E-state index is 0.0132. The van der Waals surface area contributed by atoms with Gasteiger partial charge in [-0.05, 0) is 22.5 Å². The lowest BCUT2D eigenvalue weighted by atomic mass is 9.77. The van der Waals surface area contributed by atoms with E-state index >= 15 is 0 Å². The molecular weight excluding hydrogens is 200 g/mol. The molecule has 1 atom stereocenters. The molecule has 0 bridgehead atoms. The Balaban J connectivity index is 3.17. The highest BCUT2D eigenvalue weighted by Gasteiger charge is 2.35. The zero-order valence-electron chi connectivity index (χ0n) is 11.1. The van der Waals surface area contributed by atoms with E-state index in [0.29, 0.717) is 5.57 Å². The number of hydrogen-bond donors (Lipinski definition) is 1. The van der Waals surface area contributed by atoms with E-state index in [1.807, 2.05) is 6.08 Å². The maximum absolute atomic E-state index is 11.2. The minimum atomic E-state index is -0.796. The Morgan fingerprint density at radius 1 is 1.19 bits per heavy atom. The molecule has 0 spiro atoms. The average molecular weight is 222 g/mol. The van der Waals surface area contributed by atoms with Gasteiger partial charge < -0.3 is 5.11 Å². The van der Waals surface area contributed by atoms with E-state index in [9.17, 15) is 9.90 Å². The second kappa shape index (κ2) is 3.76. The lowest BCUT2D eigenvalue weighted by Crippen LogP contribution is -2.22. The predicted molar refractivity (Wildman–Crippen MR) is 66.2 cm³/mol. The number of carboxylic acid groups (broad SMARTS) is 1.